The minimum atomic E-state index is -1.83. The monoisotopic (exact) mass is 360 g/mol. The first kappa shape index (κ1) is 25.7. The molecule has 0 heterocycles. The lowest BCUT2D eigenvalue weighted by atomic mass is 10.1. The van der Waals surface area contributed by atoms with Gasteiger partial charge in [0.15, 0.2) is 0 Å². The van der Waals surface area contributed by atoms with E-state index in [1.165, 1.54) is 25.7 Å². The quantitative estimate of drug-likeness (QED) is 0.233. The zero-order chi connectivity index (χ0) is 19.3. The molecule has 6 heteroatoms. The van der Waals surface area contributed by atoms with E-state index in [4.69, 9.17) is 20.1 Å². The maximum absolute atomic E-state index is 10.3. The number of carbonyl (C=O) groups is 2. The van der Waals surface area contributed by atoms with E-state index < -0.39 is 12.1 Å². The average Bonchev–Trinajstić information content (AvgIpc) is 2.52. The fourth-order valence-electron chi connectivity index (χ4n) is 2.36. The van der Waals surface area contributed by atoms with Gasteiger partial charge in [0.05, 0.1) is 6.10 Å². The standard InChI is InChI=1S/C18H34O3.CH2O3/c1-2-3-4-11-14-17(19)15-12-9-7-5-6-8-10-13-16-18(20)21;2-1(3)4/h9,12,17,19H,2-8,10-11,13-16H2,1H3,(H,20,21);(H2,2,3,4)/b12-9-;/t17-;/m1./s1. The molecule has 0 aliphatic rings. The van der Waals surface area contributed by atoms with Crippen molar-refractivity contribution < 1.29 is 30.0 Å². The van der Waals surface area contributed by atoms with Crippen LogP contribution in [0.2, 0.25) is 0 Å². The van der Waals surface area contributed by atoms with Crippen molar-refractivity contribution in [2.24, 2.45) is 0 Å². The summed E-state index contributed by atoms with van der Waals surface area (Å²) >= 11 is 0. The van der Waals surface area contributed by atoms with Crippen LogP contribution in [0.25, 0.3) is 0 Å². The molecule has 1 atom stereocenters. The second kappa shape index (κ2) is 20.5. The second-order valence-corrected chi connectivity index (χ2v) is 6.19. The van der Waals surface area contributed by atoms with Crippen molar-refractivity contribution >= 4 is 12.1 Å². The molecular weight excluding hydrogens is 324 g/mol. The smallest absolute Gasteiger partial charge is 0.481 e. The highest BCUT2D eigenvalue weighted by Crippen LogP contribution is 2.10. The van der Waals surface area contributed by atoms with Gasteiger partial charge >= 0.3 is 12.1 Å². The second-order valence-electron chi connectivity index (χ2n) is 6.19. The van der Waals surface area contributed by atoms with Crippen molar-refractivity contribution in [1.82, 2.24) is 0 Å². The Hall–Kier alpha value is -1.56. The van der Waals surface area contributed by atoms with E-state index in [-0.39, 0.29) is 6.10 Å². The Balaban J connectivity index is 0. The van der Waals surface area contributed by atoms with Crippen molar-refractivity contribution in [3.8, 4) is 0 Å². The number of rotatable bonds is 15. The van der Waals surface area contributed by atoms with E-state index in [0.29, 0.717) is 6.42 Å². The van der Waals surface area contributed by atoms with Crippen molar-refractivity contribution in [2.75, 3.05) is 0 Å². The number of aliphatic hydroxyl groups excluding tert-OH is 1. The molecule has 0 aromatic heterocycles. The Labute approximate surface area is 151 Å². The maximum atomic E-state index is 10.3. The van der Waals surface area contributed by atoms with E-state index in [9.17, 15) is 9.90 Å². The van der Waals surface area contributed by atoms with E-state index >= 15 is 0 Å². The number of hydrogen-bond donors (Lipinski definition) is 4. The van der Waals surface area contributed by atoms with E-state index in [0.717, 1.165) is 51.4 Å². The van der Waals surface area contributed by atoms with Gasteiger partial charge in [-0.2, -0.15) is 0 Å². The van der Waals surface area contributed by atoms with Crippen LogP contribution in [0.3, 0.4) is 0 Å². The number of allylic oxidation sites excluding steroid dienone is 1. The fraction of sp³-hybridized carbons (Fsp3) is 0.789. The van der Waals surface area contributed by atoms with Gasteiger partial charge in [-0.15, -0.1) is 0 Å². The average molecular weight is 360 g/mol. The highest BCUT2D eigenvalue weighted by molar-refractivity contribution is 5.66. The summed E-state index contributed by atoms with van der Waals surface area (Å²) in [5.74, 6) is -0.689. The predicted octanol–water partition coefficient (Wildman–Crippen LogP) is 5.30. The Morgan fingerprint density at radius 3 is 2.00 bits per heavy atom. The van der Waals surface area contributed by atoms with Crippen molar-refractivity contribution in [3.05, 3.63) is 12.2 Å². The first-order valence-electron chi connectivity index (χ1n) is 9.36. The molecule has 148 valence electrons. The molecule has 0 radical (unpaired) electrons. The molecule has 0 bridgehead atoms. The summed E-state index contributed by atoms with van der Waals surface area (Å²) < 4.78 is 0. The topological polar surface area (TPSA) is 115 Å². The number of unbranched alkanes of at least 4 members (excludes halogenated alkanes) is 8. The summed E-state index contributed by atoms with van der Waals surface area (Å²) in [6.45, 7) is 2.20. The number of hydrogen-bond acceptors (Lipinski definition) is 3. The molecule has 0 rings (SSSR count). The first-order valence-corrected chi connectivity index (χ1v) is 9.36. The van der Waals surface area contributed by atoms with Gasteiger partial charge in [0, 0.05) is 6.42 Å². The number of aliphatic hydroxyl groups is 1. The van der Waals surface area contributed by atoms with Gasteiger partial charge < -0.3 is 20.4 Å². The lowest BCUT2D eigenvalue weighted by Gasteiger charge is -2.07. The third-order valence-electron chi connectivity index (χ3n) is 3.73. The van der Waals surface area contributed by atoms with Crippen LogP contribution in [0.15, 0.2) is 12.2 Å². The van der Waals surface area contributed by atoms with Gasteiger partial charge in [-0.1, -0.05) is 64.0 Å². The molecule has 0 aromatic carbocycles. The SMILES string of the molecule is CCCCCC[C@@H](O)C/C=C\CCCCCCCC(=O)O.O=C(O)O. The molecule has 0 unspecified atom stereocenters. The predicted molar refractivity (Wildman–Crippen MR) is 99.1 cm³/mol. The van der Waals surface area contributed by atoms with E-state index in [1.807, 2.05) is 0 Å². The molecule has 0 aromatic rings. The number of carboxylic acids is 1. The van der Waals surface area contributed by atoms with Crippen LogP contribution >= 0.6 is 0 Å². The Bertz CT molecular complexity index is 337. The summed E-state index contributed by atoms with van der Waals surface area (Å²) in [6, 6.07) is 0. The summed E-state index contributed by atoms with van der Waals surface area (Å²) in [4.78, 5) is 18.9. The van der Waals surface area contributed by atoms with Crippen LogP contribution in [0, 0.1) is 0 Å². The Morgan fingerprint density at radius 1 is 0.840 bits per heavy atom. The molecule has 0 aliphatic carbocycles. The minimum absolute atomic E-state index is 0.172. The molecule has 0 amide bonds. The summed E-state index contributed by atoms with van der Waals surface area (Å²) in [6.07, 6.45) is 15.5. The highest BCUT2D eigenvalue weighted by Gasteiger charge is 2.00. The minimum Gasteiger partial charge on any atom is -0.481 e. The normalized spacial score (nSPS) is 11.8. The number of aliphatic carboxylic acids is 1. The van der Waals surface area contributed by atoms with Crippen LogP contribution in [0.1, 0.15) is 90.4 Å². The lowest BCUT2D eigenvalue weighted by molar-refractivity contribution is -0.137. The Kier molecular flexibility index (Phi) is 21.0. The lowest BCUT2D eigenvalue weighted by Crippen LogP contribution is -2.04. The highest BCUT2D eigenvalue weighted by atomic mass is 16.6. The zero-order valence-electron chi connectivity index (χ0n) is 15.5. The molecule has 4 N–H and O–H groups in total. The Morgan fingerprint density at radius 2 is 1.40 bits per heavy atom. The third kappa shape index (κ3) is 30.8. The van der Waals surface area contributed by atoms with Gasteiger partial charge in [0.1, 0.15) is 0 Å². The van der Waals surface area contributed by atoms with Crippen LogP contribution in [-0.4, -0.2) is 38.7 Å². The number of carboxylic acid groups (broad SMARTS) is 3. The molecule has 0 saturated carbocycles. The molecule has 0 aliphatic heterocycles. The van der Waals surface area contributed by atoms with Gasteiger partial charge in [-0.05, 0) is 32.1 Å². The molecule has 0 spiro atoms. The van der Waals surface area contributed by atoms with Gasteiger partial charge in [0.25, 0.3) is 0 Å². The van der Waals surface area contributed by atoms with Gasteiger partial charge in [0.2, 0.25) is 0 Å². The van der Waals surface area contributed by atoms with Crippen LogP contribution in [0.4, 0.5) is 4.79 Å². The summed E-state index contributed by atoms with van der Waals surface area (Å²) in [5, 5.41) is 32.2. The van der Waals surface area contributed by atoms with Crippen molar-refractivity contribution in [1.29, 1.82) is 0 Å². The van der Waals surface area contributed by atoms with E-state index in [1.54, 1.807) is 0 Å². The molecule has 25 heavy (non-hydrogen) atoms. The van der Waals surface area contributed by atoms with Crippen molar-refractivity contribution in [2.45, 2.75) is 96.5 Å². The van der Waals surface area contributed by atoms with Crippen LogP contribution in [-0.2, 0) is 4.79 Å². The summed E-state index contributed by atoms with van der Waals surface area (Å²) in [5.41, 5.74) is 0. The molecular formula is C19H36O6. The van der Waals surface area contributed by atoms with E-state index in [2.05, 4.69) is 19.1 Å². The van der Waals surface area contributed by atoms with Crippen LogP contribution in [0.5, 0.6) is 0 Å². The third-order valence-corrected chi connectivity index (χ3v) is 3.73. The molecule has 0 fully saturated rings. The molecule has 6 nitrogen and oxygen atoms in total. The largest absolute Gasteiger partial charge is 0.503 e. The van der Waals surface area contributed by atoms with Gasteiger partial charge in [-0.25, -0.2) is 4.79 Å². The van der Waals surface area contributed by atoms with Gasteiger partial charge in [-0.3, -0.25) is 4.79 Å². The van der Waals surface area contributed by atoms with Crippen LogP contribution < -0.4 is 0 Å². The first-order chi connectivity index (χ1) is 11.9. The summed E-state index contributed by atoms with van der Waals surface area (Å²) in [7, 11) is 0. The maximum Gasteiger partial charge on any atom is 0.503 e. The molecule has 0 saturated heterocycles. The van der Waals surface area contributed by atoms with Crippen molar-refractivity contribution in [3.63, 3.8) is 0 Å². The zero-order valence-corrected chi connectivity index (χ0v) is 15.5. The fourth-order valence-corrected chi connectivity index (χ4v) is 2.36.